The van der Waals surface area contributed by atoms with Gasteiger partial charge in [0, 0.05) is 13.7 Å². The molecule has 0 heterocycles. The largest absolute Gasteiger partial charge is 0.443 e. The molecule has 1 aromatic rings. The van der Waals surface area contributed by atoms with E-state index in [2.05, 4.69) is 5.32 Å². The Morgan fingerprint density at radius 1 is 1.26 bits per heavy atom. The molecule has 5 heteroatoms. The molecule has 1 rings (SSSR count). The second-order valence-electron chi connectivity index (χ2n) is 5.89. The first-order valence-electron chi connectivity index (χ1n) is 8.11. The third-order valence-electron chi connectivity index (χ3n) is 3.58. The smallest absolute Gasteiger partial charge is 0.407 e. The number of rotatable bonds is 9. The van der Waals surface area contributed by atoms with Gasteiger partial charge in [0.05, 0.1) is 0 Å². The summed E-state index contributed by atoms with van der Waals surface area (Å²) in [7, 11) is 1.58. The summed E-state index contributed by atoms with van der Waals surface area (Å²) >= 11 is 0. The van der Waals surface area contributed by atoms with Gasteiger partial charge in [-0.25, -0.2) is 4.79 Å². The number of hydrogen-bond acceptors (Lipinski definition) is 4. The van der Waals surface area contributed by atoms with Crippen molar-refractivity contribution in [2.75, 3.05) is 20.4 Å². The highest BCUT2D eigenvalue weighted by atomic mass is 16.7. The van der Waals surface area contributed by atoms with Crippen LogP contribution in [-0.2, 0) is 14.2 Å². The lowest BCUT2D eigenvalue weighted by Crippen LogP contribution is -2.37. The standard InChI is InChI=1S/C18H29NO4/c1-6-11-19-18(20)23-16(13(2)3)17(22-12-21-5)15-10-8-7-9-14(15)4/h7-10,13,16-17H,6,11-12H2,1-5H3,(H,19,20). The SMILES string of the molecule is CCCNC(=O)OC(C(C)C)C(OCOC)c1ccccc1C. The molecule has 1 aromatic carbocycles. The molecule has 0 spiro atoms. The summed E-state index contributed by atoms with van der Waals surface area (Å²) in [5, 5.41) is 2.75. The van der Waals surface area contributed by atoms with E-state index in [4.69, 9.17) is 14.2 Å². The minimum atomic E-state index is -0.412. The molecule has 0 aromatic heterocycles. The van der Waals surface area contributed by atoms with Crippen LogP contribution in [0.5, 0.6) is 0 Å². The molecule has 130 valence electrons. The highest BCUT2D eigenvalue weighted by molar-refractivity contribution is 5.67. The fourth-order valence-electron chi connectivity index (χ4n) is 2.35. The minimum absolute atomic E-state index is 0.101. The number of amides is 1. The summed E-state index contributed by atoms with van der Waals surface area (Å²) < 4.78 is 16.6. The van der Waals surface area contributed by atoms with Gasteiger partial charge in [0.1, 0.15) is 19.0 Å². The zero-order chi connectivity index (χ0) is 17.2. The molecule has 0 bridgehead atoms. The van der Waals surface area contributed by atoms with E-state index >= 15 is 0 Å². The van der Waals surface area contributed by atoms with Crippen LogP contribution in [0.15, 0.2) is 24.3 Å². The Kier molecular flexibility index (Phi) is 8.66. The third-order valence-corrected chi connectivity index (χ3v) is 3.58. The monoisotopic (exact) mass is 323 g/mol. The Hall–Kier alpha value is -1.59. The zero-order valence-electron chi connectivity index (χ0n) is 14.8. The van der Waals surface area contributed by atoms with Crippen LogP contribution in [-0.4, -0.2) is 32.6 Å². The lowest BCUT2D eigenvalue weighted by Gasteiger charge is -2.31. The fraction of sp³-hybridized carbons (Fsp3) is 0.611. The first kappa shape index (κ1) is 19.5. The van der Waals surface area contributed by atoms with E-state index in [1.807, 2.05) is 52.0 Å². The van der Waals surface area contributed by atoms with Crippen molar-refractivity contribution in [1.29, 1.82) is 0 Å². The molecule has 0 aliphatic rings. The number of aryl methyl sites for hydroxylation is 1. The van der Waals surface area contributed by atoms with Crippen molar-refractivity contribution >= 4 is 6.09 Å². The number of carbonyl (C=O) groups excluding carboxylic acids is 1. The fourth-order valence-corrected chi connectivity index (χ4v) is 2.35. The maximum absolute atomic E-state index is 12.0. The van der Waals surface area contributed by atoms with Crippen molar-refractivity contribution in [3.05, 3.63) is 35.4 Å². The molecule has 0 aliphatic heterocycles. The summed E-state index contributed by atoms with van der Waals surface area (Å²) in [5.41, 5.74) is 2.10. The van der Waals surface area contributed by atoms with Crippen LogP contribution in [0.2, 0.25) is 0 Å². The van der Waals surface area contributed by atoms with Crippen LogP contribution in [0.3, 0.4) is 0 Å². The third kappa shape index (κ3) is 6.20. The van der Waals surface area contributed by atoms with Crippen LogP contribution in [0.1, 0.15) is 44.4 Å². The van der Waals surface area contributed by atoms with Crippen molar-refractivity contribution in [1.82, 2.24) is 5.32 Å². The number of methoxy groups -OCH3 is 1. The van der Waals surface area contributed by atoms with Gasteiger partial charge >= 0.3 is 6.09 Å². The topological polar surface area (TPSA) is 56.8 Å². The molecular formula is C18H29NO4. The summed E-state index contributed by atoms with van der Waals surface area (Å²) in [5.74, 6) is 0.101. The minimum Gasteiger partial charge on any atom is -0.443 e. The lowest BCUT2D eigenvalue weighted by atomic mass is 9.93. The van der Waals surface area contributed by atoms with Gasteiger partial charge in [-0.1, -0.05) is 45.0 Å². The van der Waals surface area contributed by atoms with Gasteiger partial charge < -0.3 is 19.5 Å². The van der Waals surface area contributed by atoms with E-state index < -0.39 is 12.2 Å². The van der Waals surface area contributed by atoms with E-state index in [1.165, 1.54) is 0 Å². The van der Waals surface area contributed by atoms with Crippen LogP contribution in [0, 0.1) is 12.8 Å². The zero-order valence-corrected chi connectivity index (χ0v) is 14.8. The van der Waals surface area contributed by atoms with E-state index in [0.29, 0.717) is 6.54 Å². The molecule has 0 fully saturated rings. The molecule has 1 N–H and O–H groups in total. The van der Waals surface area contributed by atoms with Gasteiger partial charge in [-0.3, -0.25) is 0 Å². The number of ether oxygens (including phenoxy) is 3. The van der Waals surface area contributed by atoms with Crippen molar-refractivity contribution in [3.63, 3.8) is 0 Å². The average Bonchev–Trinajstić information content (AvgIpc) is 2.53. The van der Waals surface area contributed by atoms with E-state index in [1.54, 1.807) is 7.11 Å². The molecule has 0 radical (unpaired) electrons. The van der Waals surface area contributed by atoms with E-state index in [9.17, 15) is 4.79 Å². The first-order valence-corrected chi connectivity index (χ1v) is 8.11. The van der Waals surface area contributed by atoms with Gasteiger partial charge in [-0.15, -0.1) is 0 Å². The van der Waals surface area contributed by atoms with E-state index in [-0.39, 0.29) is 18.8 Å². The van der Waals surface area contributed by atoms with Crippen LogP contribution >= 0.6 is 0 Å². The molecule has 2 atom stereocenters. The number of benzene rings is 1. The number of carbonyl (C=O) groups is 1. The molecule has 0 saturated heterocycles. The highest BCUT2D eigenvalue weighted by Gasteiger charge is 2.31. The van der Waals surface area contributed by atoms with Gasteiger partial charge in [-0.2, -0.15) is 0 Å². The Labute approximate surface area is 139 Å². The second-order valence-corrected chi connectivity index (χ2v) is 5.89. The maximum atomic E-state index is 12.0. The van der Waals surface area contributed by atoms with Gasteiger partial charge in [-0.05, 0) is 30.4 Å². The van der Waals surface area contributed by atoms with Gasteiger partial charge in [0.25, 0.3) is 0 Å². The Balaban J connectivity index is 2.99. The summed E-state index contributed by atoms with van der Waals surface area (Å²) in [6, 6.07) is 7.96. The normalized spacial score (nSPS) is 13.7. The van der Waals surface area contributed by atoms with Crippen LogP contribution in [0.4, 0.5) is 4.79 Å². The predicted molar refractivity (Wildman–Crippen MR) is 90.3 cm³/mol. The van der Waals surface area contributed by atoms with Crippen molar-refractivity contribution in [2.45, 2.75) is 46.3 Å². The number of nitrogens with one attached hydrogen (secondary N) is 1. The first-order chi connectivity index (χ1) is 11.0. The molecule has 0 saturated carbocycles. The average molecular weight is 323 g/mol. The predicted octanol–water partition coefficient (Wildman–Crippen LogP) is 3.82. The molecule has 2 unspecified atom stereocenters. The van der Waals surface area contributed by atoms with Crippen molar-refractivity contribution in [2.24, 2.45) is 5.92 Å². The second kappa shape index (κ2) is 10.2. The molecule has 23 heavy (non-hydrogen) atoms. The van der Waals surface area contributed by atoms with Crippen LogP contribution in [0.25, 0.3) is 0 Å². The maximum Gasteiger partial charge on any atom is 0.407 e. The number of alkyl carbamates (subject to hydrolysis) is 1. The molecule has 5 nitrogen and oxygen atoms in total. The van der Waals surface area contributed by atoms with E-state index in [0.717, 1.165) is 17.5 Å². The van der Waals surface area contributed by atoms with Gasteiger partial charge in [0.15, 0.2) is 0 Å². The van der Waals surface area contributed by atoms with Gasteiger partial charge in [0.2, 0.25) is 0 Å². The molecule has 0 aliphatic carbocycles. The van der Waals surface area contributed by atoms with Crippen LogP contribution < -0.4 is 5.32 Å². The summed E-state index contributed by atoms with van der Waals surface area (Å²) in [6.07, 6.45) is -0.320. The lowest BCUT2D eigenvalue weighted by molar-refractivity contribution is -0.125. The Morgan fingerprint density at radius 2 is 1.96 bits per heavy atom. The quantitative estimate of drug-likeness (QED) is 0.702. The summed E-state index contributed by atoms with van der Waals surface area (Å²) in [6.45, 7) is 8.78. The van der Waals surface area contributed by atoms with Crippen molar-refractivity contribution in [3.8, 4) is 0 Å². The highest BCUT2D eigenvalue weighted by Crippen LogP contribution is 2.30. The Bertz CT molecular complexity index is 476. The molecule has 1 amide bonds. The number of hydrogen-bond donors (Lipinski definition) is 1. The Morgan fingerprint density at radius 3 is 2.52 bits per heavy atom. The summed E-state index contributed by atoms with van der Waals surface area (Å²) in [4.78, 5) is 12.0. The van der Waals surface area contributed by atoms with Crippen molar-refractivity contribution < 1.29 is 19.0 Å². The molecular weight excluding hydrogens is 294 g/mol.